The Morgan fingerprint density at radius 3 is 2.64 bits per heavy atom. The van der Waals surface area contributed by atoms with Crippen molar-refractivity contribution in [1.29, 1.82) is 0 Å². The molecule has 4 heteroatoms. The molecule has 0 aromatic carbocycles. The van der Waals surface area contributed by atoms with Gasteiger partial charge in [-0.15, -0.1) is 0 Å². The Hall–Kier alpha value is -0.610. The second kappa shape index (κ2) is 6.23. The predicted octanol–water partition coefficient (Wildman–Crippen LogP) is 2.96. The van der Waals surface area contributed by atoms with E-state index in [0.29, 0.717) is 23.2 Å². The zero-order valence-corrected chi connectivity index (χ0v) is 15.9. The molecule has 1 aliphatic heterocycles. The molecule has 4 rings (SSSR count). The highest BCUT2D eigenvalue weighted by Gasteiger charge is 2.59. The van der Waals surface area contributed by atoms with Gasteiger partial charge in [-0.3, -0.25) is 4.79 Å². The van der Waals surface area contributed by atoms with Crippen LogP contribution in [0.1, 0.15) is 71.6 Å². The van der Waals surface area contributed by atoms with Crippen LogP contribution in [0.5, 0.6) is 0 Å². The van der Waals surface area contributed by atoms with E-state index < -0.39 is 0 Å². The number of piperidine rings is 1. The number of amides is 1. The largest absolute Gasteiger partial charge is 0.393 e. The zero-order chi connectivity index (χ0) is 17.8. The van der Waals surface area contributed by atoms with E-state index in [9.17, 15) is 15.0 Å². The Bertz CT molecular complexity index is 537. The standard InChI is InChI=1S/C21H35NO3/c1-20-9-7-15(24)12-14(20)5-6-16-17(20)8-10-21(2)18(16)4-3-11-22(21)19(25)13-23/h14-18,23-24H,3-13H2,1-2H3/t14-,15-,16?,17?,18?,20+,21+/m1/s1. The van der Waals surface area contributed by atoms with Crippen LogP contribution < -0.4 is 0 Å². The van der Waals surface area contributed by atoms with Gasteiger partial charge in [-0.25, -0.2) is 0 Å². The number of hydrogen-bond donors (Lipinski definition) is 2. The van der Waals surface area contributed by atoms with Gasteiger partial charge in [0, 0.05) is 12.1 Å². The lowest BCUT2D eigenvalue weighted by Gasteiger charge is -2.64. The Morgan fingerprint density at radius 1 is 1.08 bits per heavy atom. The van der Waals surface area contributed by atoms with Gasteiger partial charge in [0.25, 0.3) is 0 Å². The van der Waals surface area contributed by atoms with Crippen LogP contribution in [0.15, 0.2) is 0 Å². The molecular formula is C21H35NO3. The number of fused-ring (bicyclic) bond motifs is 5. The van der Waals surface area contributed by atoms with Gasteiger partial charge in [0.15, 0.2) is 0 Å². The predicted molar refractivity (Wildman–Crippen MR) is 96.8 cm³/mol. The average molecular weight is 350 g/mol. The summed E-state index contributed by atoms with van der Waals surface area (Å²) >= 11 is 0. The summed E-state index contributed by atoms with van der Waals surface area (Å²) < 4.78 is 0. The molecule has 4 aliphatic rings. The Balaban J connectivity index is 1.61. The van der Waals surface area contributed by atoms with Gasteiger partial charge in [0.1, 0.15) is 6.61 Å². The summed E-state index contributed by atoms with van der Waals surface area (Å²) in [4.78, 5) is 14.4. The fourth-order valence-electron chi connectivity index (χ4n) is 7.62. The van der Waals surface area contributed by atoms with Crippen molar-refractivity contribution in [3.8, 4) is 0 Å². The molecule has 0 spiro atoms. The van der Waals surface area contributed by atoms with Gasteiger partial charge in [0.05, 0.1) is 6.10 Å². The van der Waals surface area contributed by atoms with Crippen molar-refractivity contribution in [1.82, 2.24) is 4.90 Å². The van der Waals surface area contributed by atoms with Crippen LogP contribution in [0.3, 0.4) is 0 Å². The summed E-state index contributed by atoms with van der Waals surface area (Å²) in [5.41, 5.74) is 0.323. The minimum Gasteiger partial charge on any atom is -0.393 e. The van der Waals surface area contributed by atoms with Crippen molar-refractivity contribution in [2.75, 3.05) is 13.2 Å². The molecule has 0 radical (unpaired) electrons. The summed E-state index contributed by atoms with van der Waals surface area (Å²) in [6, 6.07) is 0. The molecule has 142 valence electrons. The molecule has 2 N–H and O–H groups in total. The van der Waals surface area contributed by atoms with Crippen molar-refractivity contribution >= 4 is 5.91 Å². The number of likely N-dealkylation sites (tertiary alicyclic amines) is 1. The number of nitrogens with zero attached hydrogens (tertiary/aromatic N) is 1. The van der Waals surface area contributed by atoms with E-state index in [4.69, 9.17) is 0 Å². The van der Waals surface area contributed by atoms with Crippen LogP contribution in [0.2, 0.25) is 0 Å². The van der Waals surface area contributed by atoms with Crippen molar-refractivity contribution in [2.24, 2.45) is 29.1 Å². The van der Waals surface area contributed by atoms with E-state index in [2.05, 4.69) is 13.8 Å². The summed E-state index contributed by atoms with van der Waals surface area (Å²) in [6.07, 6.45) is 10.1. The molecule has 1 heterocycles. The minimum absolute atomic E-state index is 0.0589. The third-order valence-electron chi connectivity index (χ3n) is 8.94. The third kappa shape index (κ3) is 2.58. The molecule has 0 bridgehead atoms. The van der Waals surface area contributed by atoms with Crippen LogP contribution in [0, 0.1) is 29.1 Å². The average Bonchev–Trinajstić information content (AvgIpc) is 2.60. The van der Waals surface area contributed by atoms with E-state index >= 15 is 0 Å². The number of aliphatic hydroxyl groups excluding tert-OH is 2. The number of rotatable bonds is 1. The van der Waals surface area contributed by atoms with Crippen molar-refractivity contribution in [3.63, 3.8) is 0 Å². The van der Waals surface area contributed by atoms with Crippen molar-refractivity contribution < 1.29 is 15.0 Å². The van der Waals surface area contributed by atoms with E-state index in [-0.39, 0.29) is 24.2 Å². The van der Waals surface area contributed by atoms with E-state index in [0.717, 1.165) is 38.1 Å². The fourth-order valence-corrected chi connectivity index (χ4v) is 7.62. The first-order chi connectivity index (χ1) is 11.9. The molecular weight excluding hydrogens is 314 g/mol. The Kier molecular flexibility index (Phi) is 4.43. The third-order valence-corrected chi connectivity index (χ3v) is 8.94. The van der Waals surface area contributed by atoms with Crippen LogP contribution in [-0.2, 0) is 4.79 Å². The van der Waals surface area contributed by atoms with Gasteiger partial charge in [-0.2, -0.15) is 0 Å². The smallest absolute Gasteiger partial charge is 0.248 e. The van der Waals surface area contributed by atoms with Crippen molar-refractivity contribution in [2.45, 2.75) is 83.3 Å². The molecule has 3 aliphatic carbocycles. The molecule has 1 saturated heterocycles. The number of aliphatic hydroxyl groups is 2. The summed E-state index contributed by atoms with van der Waals surface area (Å²) in [5, 5.41) is 19.6. The van der Waals surface area contributed by atoms with Crippen molar-refractivity contribution in [3.05, 3.63) is 0 Å². The molecule has 4 nitrogen and oxygen atoms in total. The van der Waals surface area contributed by atoms with Gasteiger partial charge >= 0.3 is 0 Å². The van der Waals surface area contributed by atoms with Gasteiger partial charge in [-0.05, 0) is 93.8 Å². The minimum atomic E-state index is -0.353. The normalized spacial score (nSPS) is 49.8. The lowest BCUT2D eigenvalue weighted by molar-refractivity contribution is -0.168. The molecule has 25 heavy (non-hydrogen) atoms. The molecule has 7 atom stereocenters. The van der Waals surface area contributed by atoms with Gasteiger partial charge in [0.2, 0.25) is 5.91 Å². The van der Waals surface area contributed by atoms with Gasteiger partial charge < -0.3 is 15.1 Å². The number of carbonyl (C=O) groups is 1. The topological polar surface area (TPSA) is 60.8 Å². The maximum Gasteiger partial charge on any atom is 0.248 e. The molecule has 4 fully saturated rings. The maximum absolute atomic E-state index is 12.4. The SMILES string of the molecule is C[C@]12CCC3C(CC[C@@H]4C[C@H](O)CC[C@]34C)C1CCCN2C(=O)CO. The molecule has 0 aromatic rings. The lowest BCUT2D eigenvalue weighted by atomic mass is 9.45. The van der Waals surface area contributed by atoms with Crippen LogP contribution in [0.25, 0.3) is 0 Å². The summed E-state index contributed by atoms with van der Waals surface area (Å²) in [7, 11) is 0. The van der Waals surface area contributed by atoms with E-state index in [1.165, 1.54) is 32.1 Å². The Labute approximate surface area is 152 Å². The molecule has 0 aromatic heterocycles. The second-order valence-electron chi connectivity index (χ2n) is 9.83. The highest BCUT2D eigenvalue weighted by molar-refractivity contribution is 5.78. The van der Waals surface area contributed by atoms with Crippen LogP contribution in [-0.4, -0.2) is 45.8 Å². The summed E-state index contributed by atoms with van der Waals surface area (Å²) in [6.45, 7) is 5.26. The Morgan fingerprint density at radius 2 is 1.88 bits per heavy atom. The number of hydrogen-bond acceptors (Lipinski definition) is 3. The van der Waals surface area contributed by atoms with Crippen LogP contribution in [0.4, 0.5) is 0 Å². The lowest BCUT2D eigenvalue weighted by Crippen LogP contribution is -2.65. The highest BCUT2D eigenvalue weighted by atomic mass is 16.3. The second-order valence-corrected chi connectivity index (χ2v) is 9.83. The van der Waals surface area contributed by atoms with Gasteiger partial charge in [-0.1, -0.05) is 6.92 Å². The summed E-state index contributed by atoms with van der Waals surface area (Å²) in [5.74, 6) is 2.65. The molecule has 3 saturated carbocycles. The van der Waals surface area contributed by atoms with E-state index in [1.807, 2.05) is 4.90 Å². The maximum atomic E-state index is 12.4. The number of carbonyl (C=O) groups excluding carboxylic acids is 1. The van der Waals surface area contributed by atoms with E-state index in [1.54, 1.807) is 0 Å². The highest BCUT2D eigenvalue weighted by Crippen LogP contribution is 2.63. The molecule has 3 unspecified atom stereocenters. The monoisotopic (exact) mass is 349 g/mol. The molecule has 1 amide bonds. The first-order valence-electron chi connectivity index (χ1n) is 10.5. The first kappa shape index (κ1) is 17.8. The fraction of sp³-hybridized carbons (Fsp3) is 0.952. The zero-order valence-electron chi connectivity index (χ0n) is 15.9. The first-order valence-corrected chi connectivity index (χ1v) is 10.5. The quantitative estimate of drug-likeness (QED) is 0.765. The van der Waals surface area contributed by atoms with Crippen LogP contribution >= 0.6 is 0 Å².